The smallest absolute Gasteiger partial charge is 0.410 e. The largest absolute Gasteiger partial charge is 0.444 e. The van der Waals surface area contributed by atoms with Crippen LogP contribution in [0.4, 0.5) is 4.79 Å². The van der Waals surface area contributed by atoms with Gasteiger partial charge in [-0.1, -0.05) is 12.2 Å². The van der Waals surface area contributed by atoms with Crippen molar-refractivity contribution in [3.05, 3.63) is 0 Å². The van der Waals surface area contributed by atoms with Crippen molar-refractivity contribution in [2.24, 2.45) is 5.73 Å². The van der Waals surface area contributed by atoms with Crippen molar-refractivity contribution in [2.75, 3.05) is 6.54 Å². The molecule has 1 fully saturated rings. The molecule has 0 aromatic carbocycles. The number of carbonyl (C=O) groups excluding carboxylic acids is 1. The van der Waals surface area contributed by atoms with E-state index in [9.17, 15) is 4.79 Å². The van der Waals surface area contributed by atoms with E-state index in [0.717, 1.165) is 19.3 Å². The fraction of sp³-hybridized carbons (Fsp3) is 0.818. The minimum absolute atomic E-state index is 0.140. The Kier molecular flexibility index (Phi) is 4.13. The van der Waals surface area contributed by atoms with Gasteiger partial charge in [0.2, 0.25) is 0 Å². The van der Waals surface area contributed by atoms with Crippen LogP contribution in [0.1, 0.15) is 40.0 Å². The molecule has 1 heterocycles. The van der Waals surface area contributed by atoms with Gasteiger partial charge in [0.1, 0.15) is 5.60 Å². The minimum atomic E-state index is -0.477. The molecular weight excluding hydrogens is 224 g/mol. The van der Waals surface area contributed by atoms with Gasteiger partial charge in [0.15, 0.2) is 0 Å². The zero-order valence-electron chi connectivity index (χ0n) is 10.2. The fourth-order valence-electron chi connectivity index (χ4n) is 1.77. The summed E-state index contributed by atoms with van der Waals surface area (Å²) >= 11 is 4.98. The number of carbonyl (C=O) groups is 1. The van der Waals surface area contributed by atoms with E-state index in [1.165, 1.54) is 0 Å². The molecule has 1 atom stereocenters. The number of likely N-dealkylation sites (tertiary alicyclic amines) is 1. The van der Waals surface area contributed by atoms with Gasteiger partial charge in [-0.05, 0) is 40.0 Å². The monoisotopic (exact) mass is 244 g/mol. The maximum atomic E-state index is 11.9. The van der Waals surface area contributed by atoms with Crippen LogP contribution in [0.15, 0.2) is 0 Å². The average molecular weight is 244 g/mol. The highest BCUT2D eigenvalue weighted by Crippen LogP contribution is 2.20. The van der Waals surface area contributed by atoms with E-state index < -0.39 is 5.60 Å². The summed E-state index contributed by atoms with van der Waals surface area (Å²) < 4.78 is 5.33. The Morgan fingerprint density at radius 3 is 2.56 bits per heavy atom. The first kappa shape index (κ1) is 13.2. The molecular formula is C11H20N2O2S. The van der Waals surface area contributed by atoms with Crippen molar-refractivity contribution in [3.8, 4) is 0 Å². The van der Waals surface area contributed by atoms with Gasteiger partial charge in [-0.15, -0.1) is 0 Å². The van der Waals surface area contributed by atoms with Gasteiger partial charge >= 0.3 is 6.09 Å². The molecule has 0 aliphatic carbocycles. The quantitative estimate of drug-likeness (QED) is 0.717. The first-order chi connectivity index (χ1) is 7.31. The van der Waals surface area contributed by atoms with Crippen molar-refractivity contribution in [3.63, 3.8) is 0 Å². The van der Waals surface area contributed by atoms with E-state index in [0.29, 0.717) is 11.5 Å². The number of thiocarbonyl (C=S) groups is 1. The maximum absolute atomic E-state index is 11.9. The molecule has 1 rings (SSSR count). The number of hydrogen-bond donors (Lipinski definition) is 1. The number of ether oxygens (including phenoxy) is 1. The summed E-state index contributed by atoms with van der Waals surface area (Å²) in [6.45, 7) is 6.23. The number of hydrogen-bond acceptors (Lipinski definition) is 3. The average Bonchev–Trinajstić information content (AvgIpc) is 2.15. The van der Waals surface area contributed by atoms with E-state index in [2.05, 4.69) is 0 Å². The van der Waals surface area contributed by atoms with Crippen LogP contribution in [0.5, 0.6) is 0 Å². The molecule has 0 unspecified atom stereocenters. The van der Waals surface area contributed by atoms with Gasteiger partial charge in [0.05, 0.1) is 11.0 Å². The summed E-state index contributed by atoms with van der Waals surface area (Å²) in [6, 6.07) is -0.140. The topological polar surface area (TPSA) is 55.6 Å². The van der Waals surface area contributed by atoms with Gasteiger partial charge in [-0.25, -0.2) is 4.79 Å². The first-order valence-electron chi connectivity index (χ1n) is 5.60. The predicted octanol–water partition coefficient (Wildman–Crippen LogP) is 2.06. The molecule has 0 bridgehead atoms. The molecule has 2 N–H and O–H groups in total. The summed E-state index contributed by atoms with van der Waals surface area (Å²) in [6.07, 6.45) is 2.57. The molecule has 0 aromatic heterocycles. The lowest BCUT2D eigenvalue weighted by Crippen LogP contribution is -2.51. The lowest BCUT2D eigenvalue weighted by Gasteiger charge is -2.36. The molecule has 0 aromatic rings. The molecule has 0 spiro atoms. The summed E-state index contributed by atoms with van der Waals surface area (Å²) in [5.41, 5.74) is 5.16. The Morgan fingerprint density at radius 2 is 2.06 bits per heavy atom. The molecule has 92 valence electrons. The number of piperidine rings is 1. The van der Waals surface area contributed by atoms with E-state index in [-0.39, 0.29) is 12.1 Å². The van der Waals surface area contributed by atoms with Crippen molar-refractivity contribution in [2.45, 2.75) is 51.7 Å². The van der Waals surface area contributed by atoms with Gasteiger partial charge in [-0.2, -0.15) is 0 Å². The van der Waals surface area contributed by atoms with Crippen LogP contribution in [-0.2, 0) is 4.74 Å². The Labute approximate surface area is 102 Å². The molecule has 1 saturated heterocycles. The maximum Gasteiger partial charge on any atom is 0.410 e. The number of nitrogens with zero attached hydrogens (tertiary/aromatic N) is 1. The molecule has 4 nitrogen and oxygen atoms in total. The molecule has 16 heavy (non-hydrogen) atoms. The number of rotatable bonds is 1. The van der Waals surface area contributed by atoms with Crippen LogP contribution in [0.25, 0.3) is 0 Å². The van der Waals surface area contributed by atoms with Crippen LogP contribution < -0.4 is 5.73 Å². The van der Waals surface area contributed by atoms with Crippen LogP contribution in [0, 0.1) is 0 Å². The van der Waals surface area contributed by atoms with Crippen molar-refractivity contribution in [1.29, 1.82) is 0 Å². The molecule has 1 aliphatic heterocycles. The zero-order chi connectivity index (χ0) is 12.3. The molecule has 1 aliphatic rings. The fourth-order valence-corrected chi connectivity index (χ4v) is 2.01. The van der Waals surface area contributed by atoms with E-state index in [4.69, 9.17) is 22.7 Å². The molecule has 0 saturated carbocycles. The highest BCUT2D eigenvalue weighted by molar-refractivity contribution is 7.80. The Balaban J connectivity index is 2.68. The lowest BCUT2D eigenvalue weighted by atomic mass is 10.0. The van der Waals surface area contributed by atoms with Crippen molar-refractivity contribution < 1.29 is 9.53 Å². The van der Waals surface area contributed by atoms with Crippen molar-refractivity contribution >= 4 is 23.3 Å². The third-order valence-electron chi connectivity index (χ3n) is 2.46. The minimum Gasteiger partial charge on any atom is -0.444 e. The Hall–Kier alpha value is -0.840. The van der Waals surface area contributed by atoms with Crippen LogP contribution in [-0.4, -0.2) is 34.2 Å². The Morgan fingerprint density at radius 1 is 1.44 bits per heavy atom. The third-order valence-corrected chi connectivity index (χ3v) is 2.73. The zero-order valence-corrected chi connectivity index (χ0v) is 11.0. The third kappa shape index (κ3) is 3.63. The predicted molar refractivity (Wildman–Crippen MR) is 67.4 cm³/mol. The summed E-state index contributed by atoms with van der Waals surface area (Å²) in [7, 11) is 0. The second kappa shape index (κ2) is 4.99. The van der Waals surface area contributed by atoms with Crippen LogP contribution in [0.2, 0.25) is 0 Å². The second-order valence-electron chi connectivity index (χ2n) is 5.09. The highest BCUT2D eigenvalue weighted by Gasteiger charge is 2.31. The lowest BCUT2D eigenvalue weighted by molar-refractivity contribution is 0.0168. The molecule has 0 radical (unpaired) electrons. The summed E-state index contributed by atoms with van der Waals surface area (Å²) in [4.78, 5) is 13.9. The standard InChI is InChI=1S/C11H20N2O2S/c1-11(2,3)15-10(14)13-7-5-4-6-8(13)9(12)16/h8H,4-7H2,1-3H3,(H2,12,16)/t8-/m1/s1. The van der Waals surface area contributed by atoms with Crippen molar-refractivity contribution in [1.82, 2.24) is 4.90 Å². The SMILES string of the molecule is CC(C)(C)OC(=O)N1CCCC[C@@H]1C(N)=S. The van der Waals surface area contributed by atoms with Gasteiger partial charge < -0.3 is 10.5 Å². The van der Waals surface area contributed by atoms with Crippen LogP contribution in [0.3, 0.4) is 0 Å². The second-order valence-corrected chi connectivity index (χ2v) is 5.56. The highest BCUT2D eigenvalue weighted by atomic mass is 32.1. The van der Waals surface area contributed by atoms with Gasteiger partial charge in [0.25, 0.3) is 0 Å². The van der Waals surface area contributed by atoms with E-state index in [1.807, 2.05) is 20.8 Å². The summed E-state index contributed by atoms with van der Waals surface area (Å²) in [5, 5.41) is 0. The Bertz CT molecular complexity index is 286. The number of nitrogens with two attached hydrogens (primary N) is 1. The van der Waals surface area contributed by atoms with Gasteiger partial charge in [0, 0.05) is 6.54 Å². The first-order valence-corrected chi connectivity index (χ1v) is 6.01. The van der Waals surface area contributed by atoms with Gasteiger partial charge in [-0.3, -0.25) is 4.90 Å². The molecule has 5 heteroatoms. The van der Waals surface area contributed by atoms with E-state index >= 15 is 0 Å². The van der Waals surface area contributed by atoms with Crippen LogP contribution >= 0.6 is 12.2 Å². The normalized spacial score (nSPS) is 21.7. The molecule has 1 amide bonds. The van der Waals surface area contributed by atoms with E-state index in [1.54, 1.807) is 4.90 Å². The summed E-state index contributed by atoms with van der Waals surface area (Å²) in [5.74, 6) is 0. The number of amides is 1.